The number of hydrogen-bond donors (Lipinski definition) is 0. The van der Waals surface area contributed by atoms with Gasteiger partial charge in [0.2, 0.25) is 0 Å². The minimum Gasteiger partial charge on any atom is -0.381 e. The van der Waals surface area contributed by atoms with Crippen LogP contribution in [0, 0.1) is 10.1 Å². The van der Waals surface area contributed by atoms with Gasteiger partial charge in [-0.15, -0.1) is 0 Å². The molecular formula is C12H15NO3. The zero-order valence-electron chi connectivity index (χ0n) is 9.31. The van der Waals surface area contributed by atoms with Crippen molar-refractivity contribution in [3.63, 3.8) is 0 Å². The molecule has 0 aliphatic carbocycles. The van der Waals surface area contributed by atoms with E-state index in [1.54, 1.807) is 12.1 Å². The Balaban J connectivity index is 2.23. The quantitative estimate of drug-likeness (QED) is 0.570. The number of ether oxygens (including phenoxy) is 1. The Morgan fingerprint density at radius 1 is 1.25 bits per heavy atom. The summed E-state index contributed by atoms with van der Waals surface area (Å²) in [6, 6.07) is 6.89. The first kappa shape index (κ1) is 11.1. The van der Waals surface area contributed by atoms with E-state index in [-0.39, 0.29) is 16.0 Å². The topological polar surface area (TPSA) is 52.4 Å². The van der Waals surface area contributed by atoms with E-state index >= 15 is 0 Å². The van der Waals surface area contributed by atoms with Gasteiger partial charge in [-0.05, 0) is 23.8 Å². The van der Waals surface area contributed by atoms with Crippen LogP contribution in [0.25, 0.3) is 0 Å². The summed E-state index contributed by atoms with van der Waals surface area (Å²) in [6.07, 6.45) is 1.95. The van der Waals surface area contributed by atoms with Crippen LogP contribution in [0.3, 0.4) is 0 Å². The fourth-order valence-electron chi connectivity index (χ4n) is 2.10. The van der Waals surface area contributed by atoms with Crippen molar-refractivity contribution in [1.82, 2.24) is 0 Å². The van der Waals surface area contributed by atoms with E-state index in [2.05, 4.69) is 6.92 Å². The predicted octanol–water partition coefficient (Wildman–Crippen LogP) is 2.66. The second-order valence-corrected chi connectivity index (χ2v) is 4.48. The molecule has 1 fully saturated rings. The molecule has 0 atom stereocenters. The summed E-state index contributed by atoms with van der Waals surface area (Å²) in [4.78, 5) is 10.2. The van der Waals surface area contributed by atoms with Crippen molar-refractivity contribution in [2.24, 2.45) is 0 Å². The summed E-state index contributed by atoms with van der Waals surface area (Å²) in [5, 5.41) is 10.6. The van der Waals surface area contributed by atoms with Gasteiger partial charge in [0, 0.05) is 25.3 Å². The van der Waals surface area contributed by atoms with Crippen LogP contribution >= 0.6 is 0 Å². The molecule has 0 bridgehead atoms. The number of nitro benzene ring substituents is 1. The van der Waals surface area contributed by atoms with Gasteiger partial charge in [-0.25, -0.2) is 0 Å². The monoisotopic (exact) mass is 221 g/mol. The first-order chi connectivity index (χ1) is 7.62. The van der Waals surface area contributed by atoms with Crippen LogP contribution < -0.4 is 0 Å². The van der Waals surface area contributed by atoms with Crippen LogP contribution in [-0.2, 0) is 10.2 Å². The van der Waals surface area contributed by atoms with Crippen molar-refractivity contribution < 1.29 is 9.66 Å². The van der Waals surface area contributed by atoms with Crippen LogP contribution in [-0.4, -0.2) is 18.1 Å². The second-order valence-electron chi connectivity index (χ2n) is 4.48. The molecule has 0 N–H and O–H groups in total. The van der Waals surface area contributed by atoms with Gasteiger partial charge in [0.25, 0.3) is 5.69 Å². The van der Waals surface area contributed by atoms with Crippen molar-refractivity contribution >= 4 is 5.69 Å². The average Bonchev–Trinajstić information content (AvgIpc) is 2.30. The Bertz CT molecular complexity index is 380. The molecule has 86 valence electrons. The van der Waals surface area contributed by atoms with Crippen molar-refractivity contribution in [3.8, 4) is 0 Å². The summed E-state index contributed by atoms with van der Waals surface area (Å²) < 4.78 is 5.34. The summed E-state index contributed by atoms with van der Waals surface area (Å²) in [5.41, 5.74) is 1.42. The molecule has 0 radical (unpaired) electrons. The fourth-order valence-corrected chi connectivity index (χ4v) is 2.10. The number of rotatable bonds is 2. The Morgan fingerprint density at radius 2 is 1.81 bits per heavy atom. The molecule has 0 unspecified atom stereocenters. The van der Waals surface area contributed by atoms with Crippen molar-refractivity contribution in [2.45, 2.75) is 25.2 Å². The minimum atomic E-state index is -0.365. The molecule has 1 saturated heterocycles. The van der Waals surface area contributed by atoms with E-state index < -0.39 is 0 Å². The van der Waals surface area contributed by atoms with E-state index in [0.717, 1.165) is 26.1 Å². The largest absolute Gasteiger partial charge is 0.381 e. The van der Waals surface area contributed by atoms with E-state index in [1.807, 2.05) is 12.1 Å². The zero-order chi connectivity index (χ0) is 11.6. The summed E-state index contributed by atoms with van der Waals surface area (Å²) in [7, 11) is 0. The van der Waals surface area contributed by atoms with Crippen LogP contribution in [0.2, 0.25) is 0 Å². The molecule has 4 nitrogen and oxygen atoms in total. The maximum absolute atomic E-state index is 10.6. The third-order valence-corrected chi connectivity index (χ3v) is 3.37. The van der Waals surface area contributed by atoms with Gasteiger partial charge in [-0.3, -0.25) is 10.1 Å². The smallest absolute Gasteiger partial charge is 0.269 e. The van der Waals surface area contributed by atoms with Crippen LogP contribution in [0.5, 0.6) is 0 Å². The fraction of sp³-hybridized carbons (Fsp3) is 0.500. The van der Waals surface area contributed by atoms with Crippen LogP contribution in [0.4, 0.5) is 5.69 Å². The standard InChI is InChI=1S/C12H15NO3/c1-12(6-8-16-9-7-12)10-2-4-11(5-3-10)13(14)15/h2-5H,6-9H2,1H3. The highest BCUT2D eigenvalue weighted by atomic mass is 16.6. The van der Waals surface area contributed by atoms with Crippen LogP contribution in [0.15, 0.2) is 24.3 Å². The van der Waals surface area contributed by atoms with Gasteiger partial charge in [0.05, 0.1) is 4.92 Å². The van der Waals surface area contributed by atoms with Crippen LogP contribution in [0.1, 0.15) is 25.3 Å². The number of nitro groups is 1. The molecule has 16 heavy (non-hydrogen) atoms. The molecule has 1 aromatic carbocycles. The first-order valence-corrected chi connectivity index (χ1v) is 5.44. The maximum Gasteiger partial charge on any atom is 0.269 e. The van der Waals surface area contributed by atoms with E-state index in [1.165, 1.54) is 5.56 Å². The highest BCUT2D eigenvalue weighted by Crippen LogP contribution is 2.34. The van der Waals surface area contributed by atoms with Gasteiger partial charge in [0.1, 0.15) is 0 Å². The van der Waals surface area contributed by atoms with Gasteiger partial charge in [-0.1, -0.05) is 19.1 Å². The number of non-ortho nitro benzene ring substituents is 1. The third-order valence-electron chi connectivity index (χ3n) is 3.37. The Hall–Kier alpha value is -1.42. The third kappa shape index (κ3) is 2.07. The van der Waals surface area contributed by atoms with Gasteiger partial charge < -0.3 is 4.74 Å². The molecule has 2 rings (SSSR count). The van der Waals surface area contributed by atoms with E-state index in [0.29, 0.717) is 0 Å². The zero-order valence-corrected chi connectivity index (χ0v) is 9.31. The first-order valence-electron chi connectivity index (χ1n) is 5.44. The second kappa shape index (κ2) is 4.22. The van der Waals surface area contributed by atoms with Crippen molar-refractivity contribution in [3.05, 3.63) is 39.9 Å². The Kier molecular flexibility index (Phi) is 2.92. The molecule has 1 aromatic rings. The Labute approximate surface area is 94.4 Å². The lowest BCUT2D eigenvalue weighted by molar-refractivity contribution is -0.384. The molecule has 0 aromatic heterocycles. The van der Waals surface area contributed by atoms with Gasteiger partial charge in [0.15, 0.2) is 0 Å². The molecule has 4 heteroatoms. The molecule has 1 heterocycles. The van der Waals surface area contributed by atoms with Crippen molar-refractivity contribution in [1.29, 1.82) is 0 Å². The predicted molar refractivity (Wildman–Crippen MR) is 60.5 cm³/mol. The molecule has 0 amide bonds. The lowest BCUT2D eigenvalue weighted by atomic mass is 9.76. The Morgan fingerprint density at radius 3 is 2.31 bits per heavy atom. The van der Waals surface area contributed by atoms with E-state index in [9.17, 15) is 10.1 Å². The lowest BCUT2D eigenvalue weighted by Gasteiger charge is -2.33. The van der Waals surface area contributed by atoms with Gasteiger partial charge >= 0.3 is 0 Å². The highest BCUT2D eigenvalue weighted by Gasteiger charge is 2.29. The number of benzene rings is 1. The number of nitrogens with zero attached hydrogens (tertiary/aromatic N) is 1. The van der Waals surface area contributed by atoms with Gasteiger partial charge in [-0.2, -0.15) is 0 Å². The molecule has 0 spiro atoms. The van der Waals surface area contributed by atoms with Crippen molar-refractivity contribution in [2.75, 3.05) is 13.2 Å². The lowest BCUT2D eigenvalue weighted by Crippen LogP contribution is -2.30. The number of hydrogen-bond acceptors (Lipinski definition) is 3. The highest BCUT2D eigenvalue weighted by molar-refractivity contribution is 5.36. The molecule has 1 aliphatic rings. The minimum absolute atomic E-state index is 0.105. The summed E-state index contributed by atoms with van der Waals surface area (Å²) in [5.74, 6) is 0. The molecule has 0 saturated carbocycles. The summed E-state index contributed by atoms with van der Waals surface area (Å²) >= 11 is 0. The SMILES string of the molecule is CC1(c2ccc([N+](=O)[O-])cc2)CCOCC1. The maximum atomic E-state index is 10.6. The normalized spacial score (nSPS) is 19.3. The average molecular weight is 221 g/mol. The van der Waals surface area contributed by atoms with E-state index in [4.69, 9.17) is 4.74 Å². The summed E-state index contributed by atoms with van der Waals surface area (Å²) in [6.45, 7) is 3.73. The molecule has 1 aliphatic heterocycles. The molecular weight excluding hydrogens is 206 g/mol.